The van der Waals surface area contributed by atoms with E-state index in [1.54, 1.807) is 11.7 Å². The van der Waals surface area contributed by atoms with Gasteiger partial charge in [-0.2, -0.15) is 9.97 Å². The van der Waals surface area contributed by atoms with Crippen LogP contribution in [0.15, 0.2) is 0 Å². The van der Waals surface area contributed by atoms with Crippen LogP contribution in [-0.2, 0) is 31.4 Å². The molecule has 5 aromatic rings. The van der Waals surface area contributed by atoms with Crippen molar-refractivity contribution in [3.05, 3.63) is 38.3 Å². The smallest absolute Gasteiger partial charge is 0.225 e. The van der Waals surface area contributed by atoms with Crippen LogP contribution < -0.4 is 5.32 Å². The van der Waals surface area contributed by atoms with E-state index in [4.69, 9.17) is 46.4 Å². The predicted molar refractivity (Wildman–Crippen MR) is 261 cm³/mol. The summed E-state index contributed by atoms with van der Waals surface area (Å²) in [6, 6.07) is 0. The SMILES string of the molecule is CNC(=O)CCCCCCCCCCCCCCCn1c(C)nc2nc(Cl)nc(Cl)c21.Cc1nc2nc(Cl)nc(Cl)c2n1CCCCCCCCCCCCCCCc1nnnn1C. The minimum Gasteiger partial charge on any atom is -0.359 e. The Morgan fingerprint density at radius 2 is 0.859 bits per heavy atom. The van der Waals surface area contributed by atoms with Gasteiger partial charge in [0, 0.05) is 40.0 Å². The Morgan fingerprint density at radius 3 is 1.22 bits per heavy atom. The van der Waals surface area contributed by atoms with Crippen molar-refractivity contribution in [2.75, 3.05) is 7.05 Å². The molecule has 0 saturated heterocycles. The molecule has 0 aliphatic heterocycles. The minimum absolute atomic E-state index is 0.139. The number of aryl methyl sites for hydroxylation is 6. The van der Waals surface area contributed by atoms with E-state index in [1.807, 2.05) is 20.9 Å². The number of aromatic nitrogens is 12. The average molecular weight is 966 g/mol. The molecule has 1 amide bonds. The molecule has 1 N–H and O–H groups in total. The van der Waals surface area contributed by atoms with Crippen molar-refractivity contribution < 1.29 is 4.79 Å². The van der Waals surface area contributed by atoms with Crippen molar-refractivity contribution in [1.82, 2.24) is 64.6 Å². The van der Waals surface area contributed by atoms with Crippen LogP contribution in [0.2, 0.25) is 20.9 Å². The Kier molecular flexibility index (Phi) is 25.8. The number of hydrogen-bond donors (Lipinski definition) is 1. The number of tetrazole rings is 1. The first kappa shape index (κ1) is 53.4. The molecule has 5 rings (SSSR count). The van der Waals surface area contributed by atoms with E-state index >= 15 is 0 Å². The maximum absolute atomic E-state index is 11.1. The lowest BCUT2D eigenvalue weighted by Gasteiger charge is -2.07. The zero-order chi connectivity index (χ0) is 45.9. The third-order valence-corrected chi connectivity index (χ3v) is 12.9. The van der Waals surface area contributed by atoms with Gasteiger partial charge >= 0.3 is 0 Å². The zero-order valence-electron chi connectivity index (χ0n) is 39.0. The molecular weight excluding hydrogens is 892 g/mol. The number of fused-ring (bicyclic) bond motifs is 2. The van der Waals surface area contributed by atoms with E-state index in [1.165, 1.54) is 148 Å². The first-order chi connectivity index (χ1) is 31.1. The summed E-state index contributed by atoms with van der Waals surface area (Å²) in [5.41, 5.74) is 2.74. The first-order valence-corrected chi connectivity index (χ1v) is 25.6. The van der Waals surface area contributed by atoms with E-state index in [2.05, 4.69) is 59.9 Å². The van der Waals surface area contributed by atoms with Crippen LogP contribution in [0.5, 0.6) is 0 Å². The molecule has 0 aliphatic carbocycles. The summed E-state index contributed by atoms with van der Waals surface area (Å²) in [7, 11) is 3.61. The molecule has 14 nitrogen and oxygen atoms in total. The lowest BCUT2D eigenvalue weighted by atomic mass is 10.0. The number of amides is 1. The summed E-state index contributed by atoms with van der Waals surface area (Å²) < 4.78 is 5.98. The molecule has 356 valence electrons. The Balaban J connectivity index is 0.000000281. The van der Waals surface area contributed by atoms with Crippen molar-refractivity contribution in [1.29, 1.82) is 0 Å². The molecule has 0 bridgehead atoms. The van der Waals surface area contributed by atoms with E-state index in [-0.39, 0.29) is 16.5 Å². The van der Waals surface area contributed by atoms with Crippen molar-refractivity contribution in [3.8, 4) is 0 Å². The molecule has 0 atom stereocenters. The maximum Gasteiger partial charge on any atom is 0.225 e. The van der Waals surface area contributed by atoms with Crippen molar-refractivity contribution in [2.45, 2.75) is 207 Å². The average Bonchev–Trinajstić information content (AvgIpc) is 3.93. The number of carbonyl (C=O) groups excluding carboxylic acids is 1. The zero-order valence-corrected chi connectivity index (χ0v) is 42.0. The van der Waals surface area contributed by atoms with Crippen LogP contribution in [0.3, 0.4) is 0 Å². The van der Waals surface area contributed by atoms with Gasteiger partial charge in [-0.3, -0.25) is 4.79 Å². The number of nitrogens with one attached hydrogen (secondary N) is 1. The fraction of sp³-hybridized carbons (Fsp3) is 0.739. The van der Waals surface area contributed by atoms with Gasteiger partial charge in [-0.15, -0.1) is 5.10 Å². The molecule has 0 saturated carbocycles. The standard InChI is InChI=1S/C23H36Cl2N8.C23H37Cl2N5O/c1-18-26-22-20(21(24)27-23(25)28-22)33(18)17-15-13-11-9-7-5-3-4-6-8-10-12-14-16-19-29-30-31-32(19)2;1-18-27-22-20(21(24)28-23(25)29-22)30(18)17-15-13-11-9-7-5-3-4-6-8-10-12-14-16-19(31)26-2/h3-17H2,1-2H3;3-17H2,1-2H3,(H,26,31). The van der Waals surface area contributed by atoms with E-state index in [0.29, 0.717) is 28.0 Å². The van der Waals surface area contributed by atoms with Gasteiger partial charge in [-0.05, 0) is 73.2 Å². The number of unbranched alkanes of at least 4 members (excludes halogenated alkanes) is 24. The van der Waals surface area contributed by atoms with Gasteiger partial charge in [0.05, 0.1) is 0 Å². The largest absolute Gasteiger partial charge is 0.359 e. The third-order valence-electron chi connectivity index (χ3n) is 12.0. The third kappa shape index (κ3) is 19.3. The van der Waals surface area contributed by atoms with Crippen LogP contribution in [0.4, 0.5) is 0 Å². The van der Waals surface area contributed by atoms with Crippen LogP contribution in [0.1, 0.15) is 191 Å². The number of rotatable bonds is 32. The minimum atomic E-state index is 0.139. The van der Waals surface area contributed by atoms with Gasteiger partial charge < -0.3 is 14.5 Å². The molecule has 5 heterocycles. The molecule has 64 heavy (non-hydrogen) atoms. The van der Waals surface area contributed by atoms with Crippen LogP contribution in [0.25, 0.3) is 22.3 Å². The Bertz CT molecular complexity index is 2090. The summed E-state index contributed by atoms with van der Waals surface area (Å²) in [6.07, 6.45) is 34.8. The second-order valence-corrected chi connectivity index (χ2v) is 18.5. The lowest BCUT2D eigenvalue weighted by molar-refractivity contribution is -0.120. The summed E-state index contributed by atoms with van der Waals surface area (Å²) in [5, 5.41) is 15.3. The summed E-state index contributed by atoms with van der Waals surface area (Å²) in [4.78, 5) is 36.5. The molecule has 0 spiro atoms. The normalized spacial score (nSPS) is 11.5. The molecule has 5 aromatic heterocycles. The Hall–Kier alpha value is -3.20. The van der Waals surface area contributed by atoms with Crippen molar-refractivity contribution >= 4 is 74.6 Å². The topological polar surface area (TPSA) is 160 Å². The maximum atomic E-state index is 11.1. The molecular formula is C46H73Cl4N13O. The van der Waals surface area contributed by atoms with Gasteiger partial charge in [0.15, 0.2) is 27.4 Å². The molecule has 18 heteroatoms. The van der Waals surface area contributed by atoms with Gasteiger partial charge in [-0.1, -0.05) is 164 Å². The van der Waals surface area contributed by atoms with Crippen molar-refractivity contribution in [3.63, 3.8) is 0 Å². The van der Waals surface area contributed by atoms with Crippen molar-refractivity contribution in [2.24, 2.45) is 7.05 Å². The second kappa shape index (κ2) is 30.9. The summed E-state index contributed by atoms with van der Waals surface area (Å²) >= 11 is 24.3. The highest BCUT2D eigenvalue weighted by molar-refractivity contribution is 6.35. The number of halogens is 4. The highest BCUT2D eigenvalue weighted by Gasteiger charge is 2.16. The number of carbonyl (C=O) groups is 1. The van der Waals surface area contributed by atoms with Crippen LogP contribution >= 0.6 is 46.4 Å². The number of imidazole rings is 2. The van der Waals surface area contributed by atoms with Crippen LogP contribution in [0, 0.1) is 13.8 Å². The molecule has 0 aliphatic rings. The van der Waals surface area contributed by atoms with Gasteiger partial charge in [-0.25, -0.2) is 24.6 Å². The lowest BCUT2D eigenvalue weighted by Crippen LogP contribution is -2.16. The fourth-order valence-electron chi connectivity index (χ4n) is 8.28. The van der Waals surface area contributed by atoms with Gasteiger partial charge in [0.25, 0.3) is 0 Å². The quantitative estimate of drug-likeness (QED) is 0.0250. The summed E-state index contributed by atoms with van der Waals surface area (Å²) in [6.45, 7) is 5.72. The van der Waals surface area contributed by atoms with Crippen LogP contribution in [-0.4, -0.2) is 72.2 Å². The van der Waals surface area contributed by atoms with E-state index < -0.39 is 0 Å². The number of hydrogen-bond acceptors (Lipinski definition) is 10. The molecule has 0 aromatic carbocycles. The summed E-state index contributed by atoms with van der Waals surface area (Å²) in [5.74, 6) is 2.96. The monoisotopic (exact) mass is 963 g/mol. The predicted octanol–water partition coefficient (Wildman–Crippen LogP) is 12.9. The first-order valence-electron chi connectivity index (χ1n) is 24.1. The highest BCUT2D eigenvalue weighted by atomic mass is 35.5. The van der Waals surface area contributed by atoms with Gasteiger partial charge in [0.1, 0.15) is 22.7 Å². The van der Waals surface area contributed by atoms with E-state index in [0.717, 1.165) is 67.3 Å². The van der Waals surface area contributed by atoms with Gasteiger partial charge in [0.2, 0.25) is 16.5 Å². The Morgan fingerprint density at radius 1 is 0.500 bits per heavy atom. The number of nitrogens with zero attached hydrogens (tertiary/aromatic N) is 12. The molecule has 0 radical (unpaired) electrons. The van der Waals surface area contributed by atoms with E-state index in [9.17, 15) is 4.79 Å². The Labute approximate surface area is 401 Å². The molecule has 0 fully saturated rings. The molecule has 0 unspecified atom stereocenters. The second-order valence-electron chi connectivity index (χ2n) is 17.1. The fourth-order valence-corrected chi connectivity index (χ4v) is 9.23. The highest BCUT2D eigenvalue weighted by Crippen LogP contribution is 2.26.